The first-order valence-corrected chi connectivity index (χ1v) is 6.93. The van der Waals surface area contributed by atoms with Crippen molar-refractivity contribution in [1.82, 2.24) is 10.2 Å². The van der Waals surface area contributed by atoms with E-state index in [1.807, 2.05) is 0 Å². The maximum absolute atomic E-state index is 5.58. The van der Waals surface area contributed by atoms with Crippen LogP contribution >= 0.6 is 0 Å². The summed E-state index contributed by atoms with van der Waals surface area (Å²) in [6, 6.07) is 0.758. The third kappa shape index (κ3) is 4.04. The molecule has 0 aromatic heterocycles. The first-order chi connectivity index (χ1) is 7.90. The molecule has 1 saturated heterocycles. The van der Waals surface area contributed by atoms with E-state index in [1.54, 1.807) is 0 Å². The van der Waals surface area contributed by atoms with Crippen LogP contribution in [0.4, 0.5) is 0 Å². The van der Waals surface area contributed by atoms with Gasteiger partial charge in [0.1, 0.15) is 0 Å². The Labute approximate surface area is 99.5 Å². The van der Waals surface area contributed by atoms with Crippen molar-refractivity contribution in [3.05, 3.63) is 0 Å². The largest absolute Gasteiger partial charge is 0.380 e. The van der Waals surface area contributed by atoms with Gasteiger partial charge in [0, 0.05) is 25.7 Å². The third-order valence-electron chi connectivity index (χ3n) is 3.60. The SMILES string of the molecule is CCCOCCN1CCCNC(C2CC2)C1. The number of ether oxygens (including phenoxy) is 1. The number of rotatable bonds is 6. The van der Waals surface area contributed by atoms with E-state index >= 15 is 0 Å². The van der Waals surface area contributed by atoms with Gasteiger partial charge >= 0.3 is 0 Å². The molecule has 3 heteroatoms. The Morgan fingerprint density at radius 3 is 2.94 bits per heavy atom. The summed E-state index contributed by atoms with van der Waals surface area (Å²) in [5, 5.41) is 3.69. The van der Waals surface area contributed by atoms with Gasteiger partial charge in [0.15, 0.2) is 0 Å². The van der Waals surface area contributed by atoms with E-state index in [0.29, 0.717) is 0 Å². The quantitative estimate of drug-likeness (QED) is 0.694. The van der Waals surface area contributed by atoms with Crippen molar-refractivity contribution in [2.24, 2.45) is 5.92 Å². The maximum Gasteiger partial charge on any atom is 0.0593 e. The number of hydrogen-bond donors (Lipinski definition) is 1. The zero-order valence-electron chi connectivity index (χ0n) is 10.6. The van der Waals surface area contributed by atoms with E-state index in [-0.39, 0.29) is 0 Å². The molecule has 0 amide bonds. The second kappa shape index (κ2) is 6.58. The number of hydrogen-bond acceptors (Lipinski definition) is 3. The summed E-state index contributed by atoms with van der Waals surface area (Å²) >= 11 is 0. The maximum atomic E-state index is 5.58. The summed E-state index contributed by atoms with van der Waals surface area (Å²) < 4.78 is 5.58. The molecule has 1 atom stereocenters. The summed E-state index contributed by atoms with van der Waals surface area (Å²) in [7, 11) is 0. The van der Waals surface area contributed by atoms with Crippen molar-refractivity contribution in [3.8, 4) is 0 Å². The van der Waals surface area contributed by atoms with Gasteiger partial charge in [-0.3, -0.25) is 4.90 Å². The van der Waals surface area contributed by atoms with E-state index in [9.17, 15) is 0 Å². The lowest BCUT2D eigenvalue weighted by Gasteiger charge is -2.24. The van der Waals surface area contributed by atoms with Gasteiger partial charge in [0.25, 0.3) is 0 Å². The average Bonchev–Trinajstić information content (AvgIpc) is 3.10. The van der Waals surface area contributed by atoms with Crippen LogP contribution < -0.4 is 5.32 Å². The molecule has 1 saturated carbocycles. The van der Waals surface area contributed by atoms with Crippen LogP contribution in [0, 0.1) is 5.92 Å². The van der Waals surface area contributed by atoms with Crippen molar-refractivity contribution >= 4 is 0 Å². The Kier molecular flexibility index (Phi) is 5.07. The summed E-state index contributed by atoms with van der Waals surface area (Å²) in [6.07, 6.45) is 5.30. The van der Waals surface area contributed by atoms with Crippen molar-refractivity contribution in [2.75, 3.05) is 39.4 Å². The van der Waals surface area contributed by atoms with Gasteiger partial charge < -0.3 is 10.1 Å². The Balaban J connectivity index is 1.66. The fraction of sp³-hybridized carbons (Fsp3) is 1.00. The highest BCUT2D eigenvalue weighted by molar-refractivity contribution is 4.89. The van der Waals surface area contributed by atoms with Crippen molar-refractivity contribution in [1.29, 1.82) is 0 Å². The van der Waals surface area contributed by atoms with Crippen LogP contribution in [-0.2, 0) is 4.74 Å². The highest BCUT2D eigenvalue weighted by Gasteiger charge is 2.32. The topological polar surface area (TPSA) is 24.5 Å². The van der Waals surface area contributed by atoms with Crippen molar-refractivity contribution in [3.63, 3.8) is 0 Å². The lowest BCUT2D eigenvalue weighted by atomic mass is 10.2. The van der Waals surface area contributed by atoms with E-state index in [4.69, 9.17) is 4.74 Å². The van der Waals surface area contributed by atoms with Crippen LogP contribution in [0.2, 0.25) is 0 Å². The van der Waals surface area contributed by atoms with Crippen LogP contribution in [0.5, 0.6) is 0 Å². The summed E-state index contributed by atoms with van der Waals surface area (Å²) in [5.74, 6) is 0.970. The summed E-state index contributed by atoms with van der Waals surface area (Å²) in [4.78, 5) is 2.58. The molecule has 2 aliphatic rings. The molecule has 0 spiro atoms. The van der Waals surface area contributed by atoms with Gasteiger partial charge in [-0.15, -0.1) is 0 Å². The Bertz CT molecular complexity index is 194. The first-order valence-electron chi connectivity index (χ1n) is 6.93. The van der Waals surface area contributed by atoms with Crippen LogP contribution in [0.1, 0.15) is 32.6 Å². The summed E-state index contributed by atoms with van der Waals surface area (Å²) in [5.41, 5.74) is 0. The molecule has 2 fully saturated rings. The number of nitrogens with one attached hydrogen (secondary N) is 1. The normalized spacial score (nSPS) is 27.9. The van der Waals surface area contributed by atoms with Crippen molar-refractivity contribution < 1.29 is 4.74 Å². The Morgan fingerprint density at radius 1 is 1.31 bits per heavy atom. The number of nitrogens with zero attached hydrogens (tertiary/aromatic N) is 1. The van der Waals surface area contributed by atoms with E-state index in [0.717, 1.165) is 38.1 Å². The molecule has 1 unspecified atom stereocenters. The molecule has 0 radical (unpaired) electrons. The van der Waals surface area contributed by atoms with E-state index < -0.39 is 0 Å². The lowest BCUT2D eigenvalue weighted by molar-refractivity contribution is 0.103. The predicted octanol–water partition coefficient (Wildman–Crippen LogP) is 1.49. The van der Waals surface area contributed by atoms with Crippen LogP contribution in [0.25, 0.3) is 0 Å². The fourth-order valence-electron chi connectivity index (χ4n) is 2.48. The van der Waals surface area contributed by atoms with Gasteiger partial charge in [-0.05, 0) is 44.7 Å². The fourth-order valence-corrected chi connectivity index (χ4v) is 2.48. The molecular formula is C13H26N2O. The molecule has 3 nitrogen and oxygen atoms in total. The molecule has 0 bridgehead atoms. The zero-order chi connectivity index (χ0) is 11.2. The minimum absolute atomic E-state index is 0.758. The Morgan fingerprint density at radius 2 is 2.19 bits per heavy atom. The van der Waals surface area contributed by atoms with Gasteiger partial charge in [-0.1, -0.05) is 6.92 Å². The van der Waals surface area contributed by atoms with Crippen molar-refractivity contribution in [2.45, 2.75) is 38.6 Å². The molecule has 0 aromatic carbocycles. The van der Waals surface area contributed by atoms with Gasteiger partial charge in [0.05, 0.1) is 6.61 Å². The molecular weight excluding hydrogens is 200 g/mol. The standard InChI is InChI=1S/C13H26N2O/c1-2-9-16-10-8-15-7-3-6-14-13(11-15)12-4-5-12/h12-14H,2-11H2,1H3. The van der Waals surface area contributed by atoms with Gasteiger partial charge in [-0.25, -0.2) is 0 Å². The highest BCUT2D eigenvalue weighted by atomic mass is 16.5. The van der Waals surface area contributed by atoms with Crippen LogP contribution in [0.15, 0.2) is 0 Å². The average molecular weight is 226 g/mol. The Hall–Kier alpha value is -0.120. The van der Waals surface area contributed by atoms with E-state index in [2.05, 4.69) is 17.1 Å². The third-order valence-corrected chi connectivity index (χ3v) is 3.60. The molecule has 2 rings (SSSR count). The van der Waals surface area contributed by atoms with Gasteiger partial charge in [-0.2, -0.15) is 0 Å². The van der Waals surface area contributed by atoms with Gasteiger partial charge in [0.2, 0.25) is 0 Å². The lowest BCUT2D eigenvalue weighted by Crippen LogP contribution is -2.40. The van der Waals surface area contributed by atoms with E-state index in [1.165, 1.54) is 38.9 Å². The highest BCUT2D eigenvalue weighted by Crippen LogP contribution is 2.33. The molecule has 1 N–H and O–H groups in total. The first kappa shape index (κ1) is 12.3. The molecule has 1 aliphatic heterocycles. The molecule has 0 aromatic rings. The molecule has 16 heavy (non-hydrogen) atoms. The minimum Gasteiger partial charge on any atom is -0.380 e. The zero-order valence-corrected chi connectivity index (χ0v) is 10.6. The molecule has 1 heterocycles. The molecule has 94 valence electrons. The second-order valence-electron chi connectivity index (χ2n) is 5.16. The summed E-state index contributed by atoms with van der Waals surface area (Å²) in [6.45, 7) is 8.78. The smallest absolute Gasteiger partial charge is 0.0593 e. The second-order valence-corrected chi connectivity index (χ2v) is 5.16. The van der Waals surface area contributed by atoms with Crippen LogP contribution in [0.3, 0.4) is 0 Å². The minimum atomic E-state index is 0.758. The van der Waals surface area contributed by atoms with Crippen LogP contribution in [-0.4, -0.2) is 50.3 Å². The predicted molar refractivity (Wildman–Crippen MR) is 66.7 cm³/mol. The molecule has 1 aliphatic carbocycles. The monoisotopic (exact) mass is 226 g/mol.